The molecule has 0 spiro atoms. The van der Waals surface area contributed by atoms with Gasteiger partial charge in [0.1, 0.15) is 5.82 Å². The largest absolute Gasteiger partial charge is 0.382 e. The second-order valence-electron chi connectivity index (χ2n) is 6.53. The molecule has 3 rings (SSSR count). The number of halogens is 1. The number of carbonyl (C=O) groups excluding carboxylic acids is 2. The van der Waals surface area contributed by atoms with Gasteiger partial charge < -0.3 is 10.1 Å². The van der Waals surface area contributed by atoms with Crippen LogP contribution in [-0.4, -0.2) is 52.2 Å². The zero-order valence-electron chi connectivity index (χ0n) is 16.2. The Morgan fingerprint density at radius 2 is 2.10 bits per heavy atom. The van der Waals surface area contributed by atoms with Crippen molar-refractivity contribution in [2.24, 2.45) is 0 Å². The molecule has 1 aliphatic rings. The zero-order chi connectivity index (χ0) is 20.6. The van der Waals surface area contributed by atoms with Crippen LogP contribution in [0.1, 0.15) is 32.2 Å². The van der Waals surface area contributed by atoms with Crippen LogP contribution in [0, 0.1) is 5.82 Å². The van der Waals surface area contributed by atoms with E-state index in [-0.39, 0.29) is 17.6 Å². The molecule has 0 saturated heterocycles. The van der Waals surface area contributed by atoms with E-state index in [1.54, 1.807) is 18.2 Å². The molecule has 1 fully saturated rings. The molecule has 1 aromatic heterocycles. The van der Waals surface area contributed by atoms with E-state index in [9.17, 15) is 14.0 Å². The number of carbonyl (C=O) groups is 2. The summed E-state index contributed by atoms with van der Waals surface area (Å²) in [6, 6.07) is 6.08. The number of ether oxygens (including phenoxy) is 1. The van der Waals surface area contributed by atoms with Gasteiger partial charge in [-0.1, -0.05) is 23.9 Å². The van der Waals surface area contributed by atoms with Crippen molar-refractivity contribution in [2.75, 3.05) is 25.5 Å². The first-order valence-electron chi connectivity index (χ1n) is 9.58. The Bertz CT molecular complexity index is 856. The van der Waals surface area contributed by atoms with Crippen LogP contribution in [-0.2, 0) is 9.53 Å². The van der Waals surface area contributed by atoms with E-state index in [1.165, 1.54) is 17.8 Å². The molecular weight excluding hydrogens is 397 g/mol. The van der Waals surface area contributed by atoms with Gasteiger partial charge in [0.15, 0.2) is 11.0 Å². The Morgan fingerprint density at radius 1 is 1.31 bits per heavy atom. The van der Waals surface area contributed by atoms with Crippen LogP contribution >= 0.6 is 11.8 Å². The van der Waals surface area contributed by atoms with Crippen molar-refractivity contribution in [3.63, 3.8) is 0 Å². The van der Waals surface area contributed by atoms with E-state index in [0.29, 0.717) is 42.7 Å². The lowest BCUT2D eigenvalue weighted by atomic mass is 10.2. The average molecular weight is 421 g/mol. The summed E-state index contributed by atoms with van der Waals surface area (Å²) in [6.45, 7) is 3.52. The molecule has 8 nitrogen and oxygen atoms in total. The monoisotopic (exact) mass is 421 g/mol. The van der Waals surface area contributed by atoms with Gasteiger partial charge in [0.05, 0.1) is 11.3 Å². The molecule has 0 radical (unpaired) electrons. The summed E-state index contributed by atoms with van der Waals surface area (Å²) in [4.78, 5) is 23.8. The normalized spacial score (nSPS) is 13.3. The lowest BCUT2D eigenvalue weighted by molar-refractivity contribution is -0.117. The standard InChI is InChI=1S/C19H24FN5O3S/c1-2-28-11-5-10-21-18(27)22-16(26)12-29-19-24-23-17(25(19)13-8-9-13)14-6-3-4-7-15(14)20/h3-4,6-7,13H,2,5,8-12H2,1H3,(H2,21,22,26,27). The number of amides is 3. The fourth-order valence-electron chi connectivity index (χ4n) is 2.72. The summed E-state index contributed by atoms with van der Waals surface area (Å²) in [5, 5.41) is 13.7. The van der Waals surface area contributed by atoms with Gasteiger partial charge in [-0.3, -0.25) is 14.7 Å². The minimum absolute atomic E-state index is 0.00842. The highest BCUT2D eigenvalue weighted by Crippen LogP contribution is 2.41. The number of rotatable bonds is 10. The summed E-state index contributed by atoms with van der Waals surface area (Å²) in [5.74, 6) is -0.332. The molecule has 0 unspecified atom stereocenters. The van der Waals surface area contributed by atoms with Gasteiger partial charge in [0.2, 0.25) is 5.91 Å². The van der Waals surface area contributed by atoms with Gasteiger partial charge >= 0.3 is 6.03 Å². The van der Waals surface area contributed by atoms with Crippen LogP contribution < -0.4 is 10.6 Å². The van der Waals surface area contributed by atoms with Crippen LogP contribution in [0.15, 0.2) is 29.4 Å². The summed E-state index contributed by atoms with van der Waals surface area (Å²) < 4.78 is 21.2. The molecule has 10 heteroatoms. The maximum atomic E-state index is 14.2. The van der Waals surface area contributed by atoms with E-state index >= 15 is 0 Å². The number of nitrogens with zero attached hydrogens (tertiary/aromatic N) is 3. The van der Waals surface area contributed by atoms with Gasteiger partial charge in [-0.25, -0.2) is 9.18 Å². The Balaban J connectivity index is 1.54. The topological polar surface area (TPSA) is 98.1 Å². The van der Waals surface area contributed by atoms with Crippen molar-refractivity contribution in [1.29, 1.82) is 0 Å². The molecule has 0 aliphatic heterocycles. The highest BCUT2D eigenvalue weighted by molar-refractivity contribution is 7.99. The van der Waals surface area contributed by atoms with Crippen LogP contribution in [0.2, 0.25) is 0 Å². The van der Waals surface area contributed by atoms with Crippen LogP contribution in [0.5, 0.6) is 0 Å². The van der Waals surface area contributed by atoms with Gasteiger partial charge in [-0.2, -0.15) is 0 Å². The number of aromatic nitrogens is 3. The van der Waals surface area contributed by atoms with Crippen LogP contribution in [0.3, 0.4) is 0 Å². The molecule has 1 aromatic carbocycles. The SMILES string of the molecule is CCOCCCNC(=O)NC(=O)CSc1nnc(-c2ccccc2F)n1C1CC1. The number of benzene rings is 1. The van der Waals surface area contributed by atoms with Crippen molar-refractivity contribution in [3.05, 3.63) is 30.1 Å². The number of urea groups is 1. The molecule has 29 heavy (non-hydrogen) atoms. The van der Waals surface area contributed by atoms with E-state index in [0.717, 1.165) is 12.8 Å². The van der Waals surface area contributed by atoms with Gasteiger partial charge in [0, 0.05) is 25.8 Å². The first-order chi connectivity index (χ1) is 14.1. The molecule has 1 saturated carbocycles. The smallest absolute Gasteiger partial charge is 0.321 e. The first kappa shape index (κ1) is 21.3. The molecule has 0 atom stereocenters. The van der Waals surface area contributed by atoms with Crippen molar-refractivity contribution < 1.29 is 18.7 Å². The number of imide groups is 1. The van der Waals surface area contributed by atoms with Gasteiger partial charge in [-0.05, 0) is 38.3 Å². The summed E-state index contributed by atoms with van der Waals surface area (Å²) >= 11 is 1.18. The highest BCUT2D eigenvalue weighted by atomic mass is 32.2. The summed E-state index contributed by atoms with van der Waals surface area (Å²) in [6.07, 6.45) is 2.60. The second-order valence-corrected chi connectivity index (χ2v) is 7.47. The Hall–Kier alpha value is -2.46. The zero-order valence-corrected chi connectivity index (χ0v) is 17.0. The van der Waals surface area contributed by atoms with Crippen molar-refractivity contribution in [2.45, 2.75) is 37.4 Å². The number of hydrogen-bond donors (Lipinski definition) is 2. The molecule has 1 aliphatic carbocycles. The maximum absolute atomic E-state index is 14.2. The highest BCUT2D eigenvalue weighted by Gasteiger charge is 2.31. The van der Waals surface area contributed by atoms with Crippen molar-refractivity contribution in [3.8, 4) is 11.4 Å². The molecule has 0 bridgehead atoms. The van der Waals surface area contributed by atoms with Crippen molar-refractivity contribution in [1.82, 2.24) is 25.4 Å². The van der Waals surface area contributed by atoms with E-state index in [4.69, 9.17) is 4.74 Å². The Morgan fingerprint density at radius 3 is 2.83 bits per heavy atom. The third kappa shape index (κ3) is 6.01. The third-order valence-electron chi connectivity index (χ3n) is 4.23. The summed E-state index contributed by atoms with van der Waals surface area (Å²) in [5.41, 5.74) is 0.384. The molecule has 156 valence electrons. The molecule has 3 amide bonds. The molecule has 2 N–H and O–H groups in total. The predicted octanol–water partition coefficient (Wildman–Crippen LogP) is 2.76. The number of thioether (sulfide) groups is 1. The summed E-state index contributed by atoms with van der Waals surface area (Å²) in [7, 11) is 0. The van der Waals surface area contributed by atoms with Crippen LogP contribution in [0.4, 0.5) is 9.18 Å². The molecule has 2 aromatic rings. The van der Waals surface area contributed by atoms with E-state index in [1.807, 2.05) is 11.5 Å². The van der Waals surface area contributed by atoms with E-state index in [2.05, 4.69) is 20.8 Å². The van der Waals surface area contributed by atoms with E-state index < -0.39 is 11.9 Å². The number of nitrogens with one attached hydrogen (secondary N) is 2. The minimum atomic E-state index is -0.539. The fourth-order valence-corrected chi connectivity index (χ4v) is 3.53. The first-order valence-corrected chi connectivity index (χ1v) is 10.6. The Kier molecular flexibility index (Phi) is 7.59. The Labute approximate surface area is 172 Å². The lowest BCUT2D eigenvalue weighted by Gasteiger charge is -2.09. The number of hydrogen-bond acceptors (Lipinski definition) is 6. The lowest BCUT2D eigenvalue weighted by Crippen LogP contribution is -2.40. The van der Waals surface area contributed by atoms with Crippen molar-refractivity contribution >= 4 is 23.7 Å². The molecular formula is C19H24FN5O3S. The molecule has 1 heterocycles. The maximum Gasteiger partial charge on any atom is 0.321 e. The average Bonchev–Trinajstić information content (AvgIpc) is 3.46. The van der Waals surface area contributed by atoms with Gasteiger partial charge in [0.25, 0.3) is 0 Å². The van der Waals surface area contributed by atoms with Crippen LogP contribution in [0.25, 0.3) is 11.4 Å². The minimum Gasteiger partial charge on any atom is -0.382 e. The second kappa shape index (κ2) is 10.4. The predicted molar refractivity (Wildman–Crippen MR) is 107 cm³/mol. The fraction of sp³-hybridized carbons (Fsp3) is 0.474. The third-order valence-corrected chi connectivity index (χ3v) is 5.17. The quantitative estimate of drug-likeness (QED) is 0.452. The van der Waals surface area contributed by atoms with Gasteiger partial charge in [-0.15, -0.1) is 10.2 Å².